The Labute approximate surface area is 87.9 Å². The van der Waals surface area contributed by atoms with Crippen molar-refractivity contribution in [2.75, 3.05) is 12.8 Å². The number of ether oxygens (including phenoxy) is 1. The van der Waals surface area contributed by atoms with E-state index in [4.69, 9.17) is 5.73 Å². The Morgan fingerprint density at radius 2 is 2.29 bits per heavy atom. The Balaban J connectivity index is 2.87. The number of thiophene rings is 1. The third-order valence-electron chi connectivity index (χ3n) is 1.79. The average molecular weight is 213 g/mol. The molecule has 1 heterocycles. The van der Waals surface area contributed by atoms with Crippen molar-refractivity contribution in [3.8, 4) is 0 Å². The Morgan fingerprint density at radius 3 is 2.79 bits per heavy atom. The number of carbonyl (C=O) groups excluding carboxylic acids is 1. The lowest BCUT2D eigenvalue weighted by Gasteiger charge is -1.99. The summed E-state index contributed by atoms with van der Waals surface area (Å²) in [7, 11) is 1.36. The zero-order valence-corrected chi connectivity index (χ0v) is 9.48. The molecule has 0 aliphatic heterocycles. The molecule has 0 bridgehead atoms. The Bertz CT molecular complexity index is 331. The van der Waals surface area contributed by atoms with Crippen molar-refractivity contribution in [2.45, 2.75) is 20.3 Å². The van der Waals surface area contributed by atoms with Crippen molar-refractivity contribution in [2.24, 2.45) is 5.92 Å². The maximum Gasteiger partial charge on any atom is 0.350 e. The number of carbonyl (C=O) groups is 1. The van der Waals surface area contributed by atoms with Crippen LogP contribution in [0.3, 0.4) is 0 Å². The van der Waals surface area contributed by atoms with Crippen LogP contribution in [0.25, 0.3) is 0 Å². The smallest absolute Gasteiger partial charge is 0.350 e. The molecule has 3 nitrogen and oxygen atoms in total. The largest absolute Gasteiger partial charge is 0.465 e. The summed E-state index contributed by atoms with van der Waals surface area (Å²) in [5.74, 6) is 0.223. The number of hydrogen-bond acceptors (Lipinski definition) is 4. The Hall–Kier alpha value is -1.03. The van der Waals surface area contributed by atoms with Gasteiger partial charge in [0.05, 0.1) is 12.8 Å². The number of esters is 1. The first kappa shape index (κ1) is 11.0. The molecule has 0 saturated carbocycles. The first-order valence-corrected chi connectivity index (χ1v) is 5.32. The molecule has 0 fully saturated rings. The molecule has 0 amide bonds. The molecule has 0 saturated heterocycles. The van der Waals surface area contributed by atoms with Gasteiger partial charge < -0.3 is 10.5 Å². The van der Waals surface area contributed by atoms with Crippen LogP contribution in [0.15, 0.2) is 6.07 Å². The highest BCUT2D eigenvalue weighted by atomic mass is 32.1. The Morgan fingerprint density at radius 1 is 1.64 bits per heavy atom. The molecule has 0 spiro atoms. The molecule has 0 aliphatic carbocycles. The molecule has 1 aromatic heterocycles. The van der Waals surface area contributed by atoms with Crippen LogP contribution in [0.1, 0.15) is 28.4 Å². The van der Waals surface area contributed by atoms with Gasteiger partial charge in [0, 0.05) is 4.88 Å². The SMILES string of the molecule is COC(=O)c1sc(CC(C)C)cc1N. The zero-order chi connectivity index (χ0) is 10.7. The molecule has 0 aromatic carbocycles. The highest BCUT2D eigenvalue weighted by molar-refractivity contribution is 7.14. The van der Waals surface area contributed by atoms with E-state index in [-0.39, 0.29) is 5.97 Å². The molecule has 4 heteroatoms. The van der Waals surface area contributed by atoms with E-state index in [9.17, 15) is 4.79 Å². The van der Waals surface area contributed by atoms with Gasteiger partial charge in [-0.3, -0.25) is 0 Å². The topological polar surface area (TPSA) is 52.3 Å². The van der Waals surface area contributed by atoms with E-state index in [0.29, 0.717) is 16.5 Å². The van der Waals surface area contributed by atoms with E-state index >= 15 is 0 Å². The highest BCUT2D eigenvalue weighted by Gasteiger charge is 2.14. The average Bonchev–Trinajstić information content (AvgIpc) is 2.44. The van der Waals surface area contributed by atoms with Crippen molar-refractivity contribution in [3.05, 3.63) is 15.8 Å². The summed E-state index contributed by atoms with van der Waals surface area (Å²) in [4.78, 5) is 12.9. The van der Waals surface area contributed by atoms with Crippen LogP contribution in [0.5, 0.6) is 0 Å². The Kier molecular flexibility index (Phi) is 3.52. The summed E-state index contributed by atoms with van der Waals surface area (Å²) < 4.78 is 4.63. The predicted molar refractivity (Wildman–Crippen MR) is 58.6 cm³/mol. The van der Waals surface area contributed by atoms with E-state index in [0.717, 1.165) is 11.3 Å². The fourth-order valence-corrected chi connectivity index (χ4v) is 2.42. The molecule has 1 rings (SSSR count). The second-order valence-corrected chi connectivity index (χ2v) is 4.72. The number of nitrogens with two attached hydrogens (primary N) is 1. The summed E-state index contributed by atoms with van der Waals surface area (Å²) >= 11 is 1.42. The number of nitrogen functional groups attached to an aromatic ring is 1. The van der Waals surface area contributed by atoms with Gasteiger partial charge >= 0.3 is 5.97 Å². The van der Waals surface area contributed by atoms with E-state index < -0.39 is 0 Å². The third kappa shape index (κ3) is 2.48. The summed E-state index contributed by atoms with van der Waals surface area (Å²) in [5.41, 5.74) is 6.23. The van der Waals surface area contributed by atoms with Gasteiger partial charge in [0.1, 0.15) is 4.88 Å². The molecule has 78 valence electrons. The van der Waals surface area contributed by atoms with Crippen molar-refractivity contribution < 1.29 is 9.53 Å². The first-order valence-electron chi connectivity index (χ1n) is 4.51. The standard InChI is InChI=1S/C10H15NO2S/c1-6(2)4-7-5-8(11)9(14-7)10(12)13-3/h5-6H,4,11H2,1-3H3. The summed E-state index contributed by atoms with van der Waals surface area (Å²) in [6, 6.07) is 1.86. The van der Waals surface area contributed by atoms with E-state index in [1.807, 2.05) is 6.07 Å². The minimum atomic E-state index is -0.345. The highest BCUT2D eigenvalue weighted by Crippen LogP contribution is 2.27. The molecule has 2 N–H and O–H groups in total. The fourth-order valence-electron chi connectivity index (χ4n) is 1.21. The first-order chi connectivity index (χ1) is 6.54. The second-order valence-electron chi connectivity index (χ2n) is 3.59. The van der Waals surface area contributed by atoms with Crippen molar-refractivity contribution >= 4 is 23.0 Å². The fraction of sp³-hybridized carbons (Fsp3) is 0.500. The van der Waals surface area contributed by atoms with Gasteiger partial charge in [0.15, 0.2) is 0 Å². The number of anilines is 1. The quantitative estimate of drug-likeness (QED) is 0.784. The minimum absolute atomic E-state index is 0.345. The number of methoxy groups -OCH3 is 1. The molecule has 14 heavy (non-hydrogen) atoms. The summed E-state index contributed by atoms with van der Waals surface area (Å²) in [6.45, 7) is 4.27. The van der Waals surface area contributed by atoms with Gasteiger partial charge in [-0.25, -0.2) is 4.79 Å². The van der Waals surface area contributed by atoms with E-state index in [1.54, 1.807) is 0 Å². The third-order valence-corrected chi connectivity index (χ3v) is 2.95. The van der Waals surface area contributed by atoms with Gasteiger partial charge in [-0.05, 0) is 18.4 Å². The predicted octanol–water partition coefficient (Wildman–Crippen LogP) is 2.32. The van der Waals surface area contributed by atoms with Gasteiger partial charge in [-0.2, -0.15) is 0 Å². The van der Waals surface area contributed by atoms with Crippen LogP contribution in [0.2, 0.25) is 0 Å². The second kappa shape index (κ2) is 4.46. The van der Waals surface area contributed by atoms with Crippen LogP contribution < -0.4 is 5.73 Å². The lowest BCUT2D eigenvalue weighted by atomic mass is 10.1. The van der Waals surface area contributed by atoms with Crippen molar-refractivity contribution in [3.63, 3.8) is 0 Å². The lowest BCUT2D eigenvalue weighted by molar-refractivity contribution is 0.0607. The molecule has 1 aromatic rings. The maximum atomic E-state index is 11.2. The number of hydrogen-bond donors (Lipinski definition) is 1. The van der Waals surface area contributed by atoms with Gasteiger partial charge in [0.2, 0.25) is 0 Å². The summed E-state index contributed by atoms with van der Waals surface area (Å²) in [5, 5.41) is 0. The van der Waals surface area contributed by atoms with Crippen LogP contribution in [-0.4, -0.2) is 13.1 Å². The molecule has 0 radical (unpaired) electrons. The maximum absolute atomic E-state index is 11.2. The summed E-state index contributed by atoms with van der Waals surface area (Å²) in [6.07, 6.45) is 0.950. The molecule has 0 unspecified atom stereocenters. The van der Waals surface area contributed by atoms with Gasteiger partial charge in [0.25, 0.3) is 0 Å². The van der Waals surface area contributed by atoms with Crippen LogP contribution >= 0.6 is 11.3 Å². The molecular formula is C10H15NO2S. The molecular weight excluding hydrogens is 198 g/mol. The molecule has 0 aliphatic rings. The van der Waals surface area contributed by atoms with Gasteiger partial charge in [-0.1, -0.05) is 13.8 Å². The monoisotopic (exact) mass is 213 g/mol. The number of rotatable bonds is 3. The molecule has 0 atom stereocenters. The van der Waals surface area contributed by atoms with Crippen molar-refractivity contribution in [1.29, 1.82) is 0 Å². The van der Waals surface area contributed by atoms with E-state index in [1.165, 1.54) is 18.4 Å². The zero-order valence-electron chi connectivity index (χ0n) is 8.66. The van der Waals surface area contributed by atoms with E-state index in [2.05, 4.69) is 18.6 Å². The van der Waals surface area contributed by atoms with Crippen LogP contribution in [0, 0.1) is 5.92 Å². The lowest BCUT2D eigenvalue weighted by Crippen LogP contribution is -2.00. The normalized spacial score (nSPS) is 10.6. The van der Waals surface area contributed by atoms with Crippen LogP contribution in [-0.2, 0) is 11.2 Å². The minimum Gasteiger partial charge on any atom is -0.465 e. The van der Waals surface area contributed by atoms with Crippen molar-refractivity contribution in [1.82, 2.24) is 0 Å². The van der Waals surface area contributed by atoms with Crippen LogP contribution in [0.4, 0.5) is 5.69 Å². The van der Waals surface area contributed by atoms with Gasteiger partial charge in [-0.15, -0.1) is 11.3 Å².